The molecule has 0 saturated carbocycles. The summed E-state index contributed by atoms with van der Waals surface area (Å²) in [6.07, 6.45) is 10.6. The molecule has 0 radical (unpaired) electrons. The van der Waals surface area contributed by atoms with Crippen LogP contribution < -0.4 is 9.47 Å². The SMILES string of the molecule is CCCCCCCCCC(c1ccc(OC)c(C)c1)c1ccc(OC)c(C)c1. The average molecular weight is 383 g/mol. The number of hydrogen-bond acceptors (Lipinski definition) is 2. The molecule has 0 bridgehead atoms. The Balaban J connectivity index is 2.14. The summed E-state index contributed by atoms with van der Waals surface area (Å²) in [6.45, 7) is 6.54. The summed E-state index contributed by atoms with van der Waals surface area (Å²) in [4.78, 5) is 0. The molecule has 2 nitrogen and oxygen atoms in total. The average Bonchev–Trinajstić information content (AvgIpc) is 2.70. The van der Waals surface area contributed by atoms with Gasteiger partial charge in [-0.05, 0) is 54.7 Å². The minimum Gasteiger partial charge on any atom is -0.496 e. The maximum atomic E-state index is 5.46. The number of rotatable bonds is 12. The summed E-state index contributed by atoms with van der Waals surface area (Å²) < 4.78 is 10.9. The molecule has 2 aromatic rings. The van der Waals surface area contributed by atoms with Crippen LogP contribution in [-0.2, 0) is 0 Å². The highest BCUT2D eigenvalue weighted by atomic mass is 16.5. The van der Waals surface area contributed by atoms with Gasteiger partial charge < -0.3 is 9.47 Å². The van der Waals surface area contributed by atoms with Crippen LogP contribution in [0.3, 0.4) is 0 Å². The van der Waals surface area contributed by atoms with Crippen LogP contribution in [0.25, 0.3) is 0 Å². The molecule has 0 atom stereocenters. The number of unbranched alkanes of at least 4 members (excludes halogenated alkanes) is 6. The second kappa shape index (κ2) is 11.8. The summed E-state index contributed by atoms with van der Waals surface area (Å²) in [7, 11) is 3.48. The van der Waals surface area contributed by atoms with Crippen LogP contribution in [0, 0.1) is 13.8 Å². The molecule has 0 spiro atoms. The van der Waals surface area contributed by atoms with E-state index >= 15 is 0 Å². The van der Waals surface area contributed by atoms with Crippen LogP contribution in [0.2, 0.25) is 0 Å². The Bertz CT molecular complexity index is 667. The normalized spacial score (nSPS) is 11.1. The predicted molar refractivity (Wildman–Crippen MR) is 120 cm³/mol. The van der Waals surface area contributed by atoms with Crippen molar-refractivity contribution in [3.8, 4) is 11.5 Å². The van der Waals surface area contributed by atoms with Gasteiger partial charge in [0.15, 0.2) is 0 Å². The molecule has 0 N–H and O–H groups in total. The summed E-state index contributed by atoms with van der Waals surface area (Å²) in [6, 6.07) is 13.3. The lowest BCUT2D eigenvalue weighted by Gasteiger charge is -2.21. The number of methoxy groups -OCH3 is 2. The monoisotopic (exact) mass is 382 g/mol. The number of benzene rings is 2. The van der Waals surface area contributed by atoms with Crippen molar-refractivity contribution in [2.75, 3.05) is 14.2 Å². The van der Waals surface area contributed by atoms with Gasteiger partial charge in [-0.25, -0.2) is 0 Å². The fraction of sp³-hybridized carbons (Fsp3) is 0.538. The summed E-state index contributed by atoms with van der Waals surface area (Å²) in [5, 5.41) is 0. The molecular weight excluding hydrogens is 344 g/mol. The standard InChI is InChI=1S/C26H38O2/c1-6-7-8-9-10-11-12-13-24(22-14-16-25(27-4)20(2)18-22)23-15-17-26(28-5)21(3)19-23/h14-19,24H,6-13H2,1-5H3. The Labute approximate surface area is 172 Å². The van der Waals surface area contributed by atoms with Gasteiger partial charge in [0.25, 0.3) is 0 Å². The third-order valence-corrected chi connectivity index (χ3v) is 5.74. The molecule has 0 unspecified atom stereocenters. The molecule has 2 aromatic carbocycles. The summed E-state index contributed by atoms with van der Waals surface area (Å²) >= 11 is 0. The minimum atomic E-state index is 0.421. The molecule has 2 rings (SSSR count). The zero-order chi connectivity index (χ0) is 20.4. The van der Waals surface area contributed by atoms with Crippen LogP contribution in [0.15, 0.2) is 36.4 Å². The lowest BCUT2D eigenvalue weighted by molar-refractivity contribution is 0.411. The van der Waals surface area contributed by atoms with Gasteiger partial charge in [0.2, 0.25) is 0 Å². The third kappa shape index (κ3) is 6.29. The van der Waals surface area contributed by atoms with E-state index < -0.39 is 0 Å². The zero-order valence-corrected chi connectivity index (χ0v) is 18.5. The molecule has 0 aliphatic heterocycles. The van der Waals surface area contributed by atoms with Gasteiger partial charge in [-0.3, -0.25) is 0 Å². The lowest BCUT2D eigenvalue weighted by Crippen LogP contribution is -2.04. The highest BCUT2D eigenvalue weighted by molar-refractivity contribution is 5.44. The van der Waals surface area contributed by atoms with Crippen molar-refractivity contribution >= 4 is 0 Å². The topological polar surface area (TPSA) is 18.5 Å². The maximum Gasteiger partial charge on any atom is 0.121 e. The fourth-order valence-electron chi connectivity index (χ4n) is 4.07. The van der Waals surface area contributed by atoms with Crippen molar-refractivity contribution in [1.29, 1.82) is 0 Å². The van der Waals surface area contributed by atoms with Gasteiger partial charge >= 0.3 is 0 Å². The van der Waals surface area contributed by atoms with E-state index in [2.05, 4.69) is 57.2 Å². The van der Waals surface area contributed by atoms with E-state index in [1.807, 2.05) is 0 Å². The minimum absolute atomic E-state index is 0.421. The van der Waals surface area contributed by atoms with E-state index in [4.69, 9.17) is 9.47 Å². The van der Waals surface area contributed by atoms with Crippen molar-refractivity contribution in [3.63, 3.8) is 0 Å². The Kier molecular flexibility index (Phi) is 9.40. The van der Waals surface area contributed by atoms with E-state index in [-0.39, 0.29) is 0 Å². The van der Waals surface area contributed by atoms with E-state index in [1.165, 1.54) is 73.6 Å². The first kappa shape index (κ1) is 22.3. The van der Waals surface area contributed by atoms with E-state index in [0.29, 0.717) is 5.92 Å². The second-order valence-electron chi connectivity index (χ2n) is 7.92. The van der Waals surface area contributed by atoms with Crippen LogP contribution in [0.5, 0.6) is 11.5 Å². The first-order chi connectivity index (χ1) is 13.6. The van der Waals surface area contributed by atoms with Gasteiger partial charge in [0.05, 0.1) is 14.2 Å². The number of ether oxygens (including phenoxy) is 2. The van der Waals surface area contributed by atoms with Crippen molar-refractivity contribution < 1.29 is 9.47 Å². The summed E-state index contributed by atoms with van der Waals surface area (Å²) in [5.74, 6) is 2.35. The summed E-state index contributed by atoms with van der Waals surface area (Å²) in [5.41, 5.74) is 5.17. The van der Waals surface area contributed by atoms with Crippen LogP contribution in [0.4, 0.5) is 0 Å². The number of aryl methyl sites for hydroxylation is 2. The van der Waals surface area contributed by atoms with Crippen molar-refractivity contribution in [1.82, 2.24) is 0 Å². The van der Waals surface area contributed by atoms with E-state index in [9.17, 15) is 0 Å². The first-order valence-electron chi connectivity index (χ1n) is 10.9. The Hall–Kier alpha value is -1.96. The molecule has 0 saturated heterocycles. The van der Waals surface area contributed by atoms with Gasteiger partial charge in [-0.1, -0.05) is 76.1 Å². The molecule has 28 heavy (non-hydrogen) atoms. The van der Waals surface area contributed by atoms with E-state index in [0.717, 1.165) is 11.5 Å². The van der Waals surface area contributed by atoms with Gasteiger partial charge in [-0.2, -0.15) is 0 Å². The smallest absolute Gasteiger partial charge is 0.121 e. The Morgan fingerprint density at radius 3 is 1.57 bits per heavy atom. The predicted octanol–water partition coefficient (Wildman–Crippen LogP) is 7.59. The molecule has 0 heterocycles. The zero-order valence-electron chi connectivity index (χ0n) is 18.5. The quantitative estimate of drug-likeness (QED) is 0.352. The van der Waals surface area contributed by atoms with Gasteiger partial charge in [0.1, 0.15) is 11.5 Å². The van der Waals surface area contributed by atoms with Crippen molar-refractivity contribution in [3.05, 3.63) is 58.7 Å². The number of hydrogen-bond donors (Lipinski definition) is 0. The third-order valence-electron chi connectivity index (χ3n) is 5.74. The highest BCUT2D eigenvalue weighted by Crippen LogP contribution is 2.34. The molecule has 154 valence electrons. The lowest BCUT2D eigenvalue weighted by atomic mass is 9.85. The molecule has 2 heteroatoms. The van der Waals surface area contributed by atoms with Crippen molar-refractivity contribution in [2.24, 2.45) is 0 Å². The Morgan fingerprint density at radius 1 is 0.679 bits per heavy atom. The van der Waals surface area contributed by atoms with Gasteiger partial charge in [0, 0.05) is 5.92 Å². The largest absolute Gasteiger partial charge is 0.496 e. The Morgan fingerprint density at radius 2 is 1.14 bits per heavy atom. The molecule has 0 fully saturated rings. The molecule has 0 aliphatic carbocycles. The molecule has 0 aromatic heterocycles. The van der Waals surface area contributed by atoms with Gasteiger partial charge in [-0.15, -0.1) is 0 Å². The second-order valence-corrected chi connectivity index (χ2v) is 7.92. The van der Waals surface area contributed by atoms with Crippen LogP contribution in [0.1, 0.15) is 86.5 Å². The molecule has 0 amide bonds. The molecular formula is C26H38O2. The van der Waals surface area contributed by atoms with Crippen LogP contribution in [-0.4, -0.2) is 14.2 Å². The first-order valence-corrected chi connectivity index (χ1v) is 10.9. The fourth-order valence-corrected chi connectivity index (χ4v) is 4.07. The van der Waals surface area contributed by atoms with Crippen LogP contribution >= 0.6 is 0 Å². The van der Waals surface area contributed by atoms with Crippen molar-refractivity contribution in [2.45, 2.75) is 78.1 Å². The maximum absolute atomic E-state index is 5.46. The van der Waals surface area contributed by atoms with E-state index in [1.54, 1.807) is 14.2 Å². The molecule has 0 aliphatic rings. The highest BCUT2D eigenvalue weighted by Gasteiger charge is 2.16.